The molecule has 0 saturated heterocycles. The van der Waals surface area contributed by atoms with Gasteiger partial charge in [0.05, 0.1) is 0 Å². The number of halogens is 1. The third-order valence-electron chi connectivity index (χ3n) is 1.24. The summed E-state index contributed by atoms with van der Waals surface area (Å²) in [7, 11) is 0. The fourth-order valence-corrected chi connectivity index (χ4v) is 0.518. The highest BCUT2D eigenvalue weighted by atomic mass is 35.5. The van der Waals surface area contributed by atoms with E-state index in [0.29, 0.717) is 0 Å². The zero-order chi connectivity index (χ0) is 9.02. The summed E-state index contributed by atoms with van der Waals surface area (Å²) in [6, 6.07) is -1.66. The molecule has 0 fully saturated rings. The molecule has 0 amide bonds. The van der Waals surface area contributed by atoms with Crippen LogP contribution in [-0.4, -0.2) is 34.2 Å². The summed E-state index contributed by atoms with van der Waals surface area (Å²) in [5.74, 6) is -2.11. The summed E-state index contributed by atoms with van der Waals surface area (Å²) >= 11 is 0. The Kier molecular flexibility index (Phi) is 6.64. The predicted molar refractivity (Wildman–Crippen MR) is 44.6 cm³/mol. The van der Waals surface area contributed by atoms with Crippen molar-refractivity contribution in [2.75, 3.05) is 0 Å². The van der Waals surface area contributed by atoms with Crippen LogP contribution in [0.4, 0.5) is 0 Å². The van der Waals surface area contributed by atoms with E-state index >= 15 is 0 Å². The molecule has 2 atom stereocenters. The van der Waals surface area contributed by atoms with Crippen molar-refractivity contribution in [2.45, 2.75) is 25.9 Å². The average Bonchev–Trinajstić information content (AvgIpc) is 1.87. The van der Waals surface area contributed by atoms with E-state index in [1.807, 2.05) is 0 Å². The van der Waals surface area contributed by atoms with Gasteiger partial charge in [-0.3, -0.25) is 14.9 Å². The van der Waals surface area contributed by atoms with E-state index in [1.165, 1.54) is 13.8 Å². The molecule has 0 bridgehead atoms. The third-order valence-corrected chi connectivity index (χ3v) is 1.24. The summed E-state index contributed by atoms with van der Waals surface area (Å²) < 4.78 is 0. The summed E-state index contributed by atoms with van der Waals surface area (Å²) in [6.07, 6.45) is 0. The van der Waals surface area contributed by atoms with E-state index in [0.717, 1.165) is 0 Å². The molecule has 0 heterocycles. The first-order valence-corrected chi connectivity index (χ1v) is 3.16. The Bertz CT molecular complexity index is 155. The maximum Gasteiger partial charge on any atom is 0.320 e. The van der Waals surface area contributed by atoms with Gasteiger partial charge in [0, 0.05) is 0 Å². The maximum atomic E-state index is 10.2. The van der Waals surface area contributed by atoms with Crippen molar-refractivity contribution in [3.05, 3.63) is 0 Å². The van der Waals surface area contributed by atoms with E-state index in [4.69, 9.17) is 10.2 Å². The van der Waals surface area contributed by atoms with Gasteiger partial charge in [0.2, 0.25) is 0 Å². The van der Waals surface area contributed by atoms with Gasteiger partial charge < -0.3 is 10.2 Å². The molecule has 0 radical (unpaired) electrons. The minimum absolute atomic E-state index is 0. The monoisotopic (exact) mass is 197 g/mol. The van der Waals surface area contributed by atoms with Crippen LogP contribution >= 0.6 is 12.4 Å². The second-order valence-electron chi connectivity index (χ2n) is 2.29. The molecule has 5 nitrogen and oxygen atoms in total. The van der Waals surface area contributed by atoms with Crippen LogP contribution in [0.3, 0.4) is 0 Å². The SMILES string of the molecule is CC(NC(C)C(=O)O)C(=O)O.Cl. The van der Waals surface area contributed by atoms with Gasteiger partial charge in [0.15, 0.2) is 0 Å². The summed E-state index contributed by atoms with van der Waals surface area (Å²) in [6.45, 7) is 2.78. The Labute approximate surface area is 76.2 Å². The van der Waals surface area contributed by atoms with Crippen LogP contribution in [0.25, 0.3) is 0 Å². The topological polar surface area (TPSA) is 86.6 Å². The summed E-state index contributed by atoms with van der Waals surface area (Å²) in [5.41, 5.74) is 0. The van der Waals surface area contributed by atoms with E-state index in [1.54, 1.807) is 0 Å². The number of hydrogen-bond acceptors (Lipinski definition) is 3. The molecule has 3 N–H and O–H groups in total. The Morgan fingerprint density at radius 3 is 1.50 bits per heavy atom. The molecule has 0 spiro atoms. The van der Waals surface area contributed by atoms with Crippen molar-refractivity contribution in [2.24, 2.45) is 0 Å². The Hall–Kier alpha value is -0.810. The van der Waals surface area contributed by atoms with Crippen molar-refractivity contribution >= 4 is 24.3 Å². The highest BCUT2D eigenvalue weighted by molar-refractivity contribution is 5.85. The Balaban J connectivity index is 0. The second kappa shape index (κ2) is 5.79. The van der Waals surface area contributed by atoms with Crippen molar-refractivity contribution < 1.29 is 19.8 Å². The maximum absolute atomic E-state index is 10.2. The fraction of sp³-hybridized carbons (Fsp3) is 0.667. The lowest BCUT2D eigenvalue weighted by molar-refractivity contribution is -0.141. The van der Waals surface area contributed by atoms with Crippen LogP contribution < -0.4 is 5.32 Å². The molecule has 0 aliphatic rings. The minimum atomic E-state index is -1.06. The van der Waals surface area contributed by atoms with Crippen LogP contribution in [0.2, 0.25) is 0 Å². The van der Waals surface area contributed by atoms with E-state index in [9.17, 15) is 9.59 Å². The number of rotatable bonds is 4. The Morgan fingerprint density at radius 2 is 1.33 bits per heavy atom. The lowest BCUT2D eigenvalue weighted by atomic mass is 10.2. The molecule has 0 aromatic carbocycles. The zero-order valence-corrected chi connectivity index (χ0v) is 7.59. The van der Waals surface area contributed by atoms with Gasteiger partial charge in [0.1, 0.15) is 12.1 Å². The lowest BCUT2D eigenvalue weighted by Crippen LogP contribution is -2.43. The highest BCUT2D eigenvalue weighted by Gasteiger charge is 2.17. The minimum Gasteiger partial charge on any atom is -0.480 e. The molecular formula is C6H12ClNO4. The van der Waals surface area contributed by atoms with Gasteiger partial charge in [-0.05, 0) is 13.8 Å². The molecule has 0 rings (SSSR count). The third kappa shape index (κ3) is 4.92. The first-order chi connectivity index (χ1) is 4.95. The molecule has 0 aliphatic heterocycles. The normalized spacial score (nSPS) is 14.2. The molecule has 2 unspecified atom stereocenters. The van der Waals surface area contributed by atoms with Gasteiger partial charge in [-0.1, -0.05) is 0 Å². The summed E-state index contributed by atoms with van der Waals surface area (Å²) in [5, 5.41) is 19.1. The highest BCUT2D eigenvalue weighted by Crippen LogP contribution is 1.87. The molecule has 0 aromatic heterocycles. The number of carbonyl (C=O) groups is 2. The van der Waals surface area contributed by atoms with Gasteiger partial charge in [-0.25, -0.2) is 0 Å². The van der Waals surface area contributed by atoms with Gasteiger partial charge >= 0.3 is 11.9 Å². The van der Waals surface area contributed by atoms with Gasteiger partial charge in [-0.15, -0.1) is 12.4 Å². The smallest absolute Gasteiger partial charge is 0.320 e. The number of carboxylic acids is 2. The van der Waals surface area contributed by atoms with Gasteiger partial charge in [-0.2, -0.15) is 0 Å². The largest absolute Gasteiger partial charge is 0.480 e. The lowest BCUT2D eigenvalue weighted by Gasteiger charge is -2.12. The number of carboxylic acid groups (broad SMARTS) is 2. The van der Waals surface area contributed by atoms with Crippen LogP contribution in [-0.2, 0) is 9.59 Å². The van der Waals surface area contributed by atoms with Crippen LogP contribution in [0.15, 0.2) is 0 Å². The van der Waals surface area contributed by atoms with Crippen molar-refractivity contribution in [1.82, 2.24) is 5.32 Å². The van der Waals surface area contributed by atoms with E-state index in [-0.39, 0.29) is 12.4 Å². The molecular weight excluding hydrogens is 186 g/mol. The molecule has 6 heteroatoms. The van der Waals surface area contributed by atoms with Crippen LogP contribution in [0.1, 0.15) is 13.8 Å². The second-order valence-corrected chi connectivity index (χ2v) is 2.29. The van der Waals surface area contributed by atoms with Crippen molar-refractivity contribution in [3.8, 4) is 0 Å². The molecule has 72 valence electrons. The number of nitrogens with one attached hydrogen (secondary N) is 1. The quantitative estimate of drug-likeness (QED) is 0.588. The van der Waals surface area contributed by atoms with Gasteiger partial charge in [0.25, 0.3) is 0 Å². The first-order valence-electron chi connectivity index (χ1n) is 3.16. The average molecular weight is 198 g/mol. The first kappa shape index (κ1) is 13.8. The van der Waals surface area contributed by atoms with Crippen LogP contribution in [0.5, 0.6) is 0 Å². The van der Waals surface area contributed by atoms with E-state index < -0.39 is 24.0 Å². The fourth-order valence-electron chi connectivity index (χ4n) is 0.518. The Morgan fingerprint density at radius 1 is 1.08 bits per heavy atom. The van der Waals surface area contributed by atoms with Crippen molar-refractivity contribution in [3.63, 3.8) is 0 Å². The molecule has 12 heavy (non-hydrogen) atoms. The molecule has 0 aromatic rings. The zero-order valence-electron chi connectivity index (χ0n) is 6.77. The van der Waals surface area contributed by atoms with Crippen LogP contribution in [0, 0.1) is 0 Å². The molecule has 0 saturated carbocycles. The molecule has 0 aliphatic carbocycles. The van der Waals surface area contributed by atoms with E-state index in [2.05, 4.69) is 5.32 Å². The van der Waals surface area contributed by atoms with Crippen molar-refractivity contribution in [1.29, 1.82) is 0 Å². The number of hydrogen-bond donors (Lipinski definition) is 3. The predicted octanol–water partition coefficient (Wildman–Crippen LogP) is -0.0560. The number of aliphatic carboxylic acids is 2. The standard InChI is InChI=1S/C6H11NO4.ClH/c1-3(5(8)9)7-4(2)6(10)11;/h3-4,7H,1-2H3,(H,8,9)(H,10,11);1H. The summed E-state index contributed by atoms with van der Waals surface area (Å²) in [4.78, 5) is 20.4.